The molecule has 1 aliphatic rings. The predicted molar refractivity (Wildman–Crippen MR) is 112 cm³/mol. The lowest BCUT2D eigenvalue weighted by atomic mass is 9.85. The first kappa shape index (κ1) is 20.8. The lowest BCUT2D eigenvalue weighted by Gasteiger charge is -2.34. The molecule has 33 heavy (non-hydrogen) atoms. The maximum atomic E-state index is 14.1. The average Bonchev–Trinajstić information content (AvgIpc) is 3.44. The normalized spacial score (nSPS) is 15.4. The van der Waals surface area contributed by atoms with Crippen LogP contribution in [0, 0.1) is 11.6 Å². The van der Waals surface area contributed by atoms with Crippen LogP contribution >= 0.6 is 0 Å². The fourth-order valence-electron chi connectivity index (χ4n) is 4.21. The summed E-state index contributed by atoms with van der Waals surface area (Å²) in [6.45, 7) is 0.739. The number of amides is 1. The van der Waals surface area contributed by atoms with Crippen molar-refractivity contribution in [3.05, 3.63) is 82.8 Å². The molecule has 1 aliphatic heterocycles. The summed E-state index contributed by atoms with van der Waals surface area (Å²) in [5, 5.41) is 8.12. The predicted octanol–water partition coefficient (Wildman–Crippen LogP) is 3.54. The molecule has 0 fully saturated rings. The van der Waals surface area contributed by atoms with Gasteiger partial charge in [0, 0.05) is 43.8 Å². The van der Waals surface area contributed by atoms with Gasteiger partial charge in [-0.15, -0.1) is 0 Å². The fourth-order valence-corrected chi connectivity index (χ4v) is 4.21. The van der Waals surface area contributed by atoms with Crippen LogP contribution in [-0.2, 0) is 13.6 Å². The number of halogens is 2. The second-order valence-electron chi connectivity index (χ2n) is 7.73. The Morgan fingerprint density at radius 2 is 2.00 bits per heavy atom. The number of pyridine rings is 1. The Morgan fingerprint density at radius 1 is 1.18 bits per heavy atom. The van der Waals surface area contributed by atoms with Gasteiger partial charge in [-0.05, 0) is 11.1 Å². The van der Waals surface area contributed by atoms with E-state index in [1.54, 1.807) is 29.9 Å². The number of nitrogens with zero attached hydrogens (tertiary/aromatic N) is 5. The van der Waals surface area contributed by atoms with E-state index in [2.05, 4.69) is 15.2 Å². The summed E-state index contributed by atoms with van der Waals surface area (Å²) in [5.41, 5.74) is 2.73. The van der Waals surface area contributed by atoms with E-state index in [4.69, 9.17) is 9.26 Å². The second-order valence-corrected chi connectivity index (χ2v) is 7.73. The minimum atomic E-state index is -0.902. The number of benzene rings is 1. The van der Waals surface area contributed by atoms with Gasteiger partial charge in [-0.2, -0.15) is 5.10 Å². The number of carbonyl (C=O) groups excluding carboxylic acids is 1. The van der Waals surface area contributed by atoms with E-state index in [0.29, 0.717) is 25.0 Å². The highest BCUT2D eigenvalue weighted by molar-refractivity contribution is 5.93. The van der Waals surface area contributed by atoms with Crippen molar-refractivity contribution >= 4 is 5.91 Å². The molecule has 0 aliphatic carbocycles. The Hall–Kier alpha value is -4.08. The van der Waals surface area contributed by atoms with Crippen molar-refractivity contribution in [3.63, 3.8) is 0 Å². The first-order valence-electron chi connectivity index (χ1n) is 10.2. The lowest BCUT2D eigenvalue weighted by Crippen LogP contribution is -2.38. The number of fused-ring (bicyclic) bond motifs is 1. The van der Waals surface area contributed by atoms with Crippen molar-refractivity contribution in [2.45, 2.75) is 12.5 Å². The smallest absolute Gasteiger partial charge is 0.276 e. The maximum absolute atomic E-state index is 14.1. The number of methoxy groups -OCH3 is 1. The van der Waals surface area contributed by atoms with E-state index in [9.17, 15) is 13.6 Å². The van der Waals surface area contributed by atoms with Gasteiger partial charge in [0.1, 0.15) is 11.5 Å². The van der Waals surface area contributed by atoms with Crippen molar-refractivity contribution in [2.24, 2.45) is 7.05 Å². The largest absolute Gasteiger partial charge is 0.481 e. The van der Waals surface area contributed by atoms with Gasteiger partial charge in [-0.1, -0.05) is 29.4 Å². The molecule has 1 aromatic carbocycles. The van der Waals surface area contributed by atoms with Gasteiger partial charge in [0.15, 0.2) is 17.3 Å². The summed E-state index contributed by atoms with van der Waals surface area (Å²) >= 11 is 0. The number of ether oxygens (including phenoxy) is 1. The van der Waals surface area contributed by atoms with Gasteiger partial charge < -0.3 is 14.2 Å². The van der Waals surface area contributed by atoms with Crippen molar-refractivity contribution in [3.8, 4) is 17.3 Å². The van der Waals surface area contributed by atoms with Crippen molar-refractivity contribution < 1.29 is 22.8 Å². The molecule has 4 heterocycles. The zero-order valence-electron chi connectivity index (χ0n) is 17.8. The molecule has 1 unspecified atom stereocenters. The third-order valence-electron chi connectivity index (χ3n) is 5.73. The molecule has 5 rings (SSSR count). The van der Waals surface area contributed by atoms with Crippen LogP contribution < -0.4 is 4.74 Å². The number of hydrogen-bond donors (Lipinski definition) is 0. The van der Waals surface area contributed by atoms with Gasteiger partial charge in [0.25, 0.3) is 5.91 Å². The Kier molecular flexibility index (Phi) is 5.12. The highest BCUT2D eigenvalue weighted by Gasteiger charge is 2.33. The molecule has 0 saturated heterocycles. The van der Waals surface area contributed by atoms with Crippen LogP contribution in [0.25, 0.3) is 11.5 Å². The third kappa shape index (κ3) is 3.63. The molecule has 0 radical (unpaired) electrons. The standard InChI is InChI=1S/C23H19F2N5O3/c1-29-23(32-2)16(10-27-29)17-12-30(11-13-5-3-4-6-15(13)17)22(31)19-8-20(33-28-19)21-18(25)7-14(24)9-26-21/h3-10,17H,11-12H2,1-2H3. The first-order chi connectivity index (χ1) is 16.0. The molecule has 3 aromatic heterocycles. The molecule has 1 atom stereocenters. The first-order valence-corrected chi connectivity index (χ1v) is 10.2. The molecule has 1 amide bonds. The summed E-state index contributed by atoms with van der Waals surface area (Å²) in [6.07, 6.45) is 2.61. The van der Waals surface area contributed by atoms with Gasteiger partial charge >= 0.3 is 0 Å². The molecule has 0 spiro atoms. The Balaban J connectivity index is 1.48. The maximum Gasteiger partial charge on any atom is 0.276 e. The average molecular weight is 451 g/mol. The van der Waals surface area contributed by atoms with Crippen LogP contribution in [-0.4, -0.2) is 44.4 Å². The Morgan fingerprint density at radius 3 is 2.79 bits per heavy atom. The fraction of sp³-hybridized carbons (Fsp3) is 0.217. The molecule has 10 heteroatoms. The molecule has 4 aromatic rings. The van der Waals surface area contributed by atoms with E-state index in [0.717, 1.165) is 22.9 Å². The Labute approximate surface area is 187 Å². The summed E-state index contributed by atoms with van der Waals surface area (Å²) in [7, 11) is 3.37. The van der Waals surface area contributed by atoms with Crippen LogP contribution in [0.2, 0.25) is 0 Å². The molecule has 0 bridgehead atoms. The third-order valence-corrected chi connectivity index (χ3v) is 5.73. The number of aromatic nitrogens is 4. The summed E-state index contributed by atoms with van der Waals surface area (Å²) in [6, 6.07) is 9.88. The minimum Gasteiger partial charge on any atom is -0.481 e. The lowest BCUT2D eigenvalue weighted by molar-refractivity contribution is 0.0714. The zero-order chi connectivity index (χ0) is 23.1. The van der Waals surface area contributed by atoms with E-state index < -0.39 is 11.6 Å². The molecule has 8 nitrogen and oxygen atoms in total. The highest BCUT2D eigenvalue weighted by Crippen LogP contribution is 2.38. The van der Waals surface area contributed by atoms with Crippen LogP contribution in [0.5, 0.6) is 5.88 Å². The van der Waals surface area contributed by atoms with Crippen LogP contribution in [0.3, 0.4) is 0 Å². The van der Waals surface area contributed by atoms with Crippen LogP contribution in [0.1, 0.15) is 33.1 Å². The van der Waals surface area contributed by atoms with E-state index in [1.807, 2.05) is 24.3 Å². The number of hydrogen-bond acceptors (Lipinski definition) is 6. The topological polar surface area (TPSA) is 86.3 Å². The van der Waals surface area contributed by atoms with E-state index >= 15 is 0 Å². The summed E-state index contributed by atoms with van der Waals surface area (Å²) in [4.78, 5) is 18.7. The van der Waals surface area contributed by atoms with Crippen LogP contribution in [0.4, 0.5) is 8.78 Å². The van der Waals surface area contributed by atoms with Gasteiger partial charge in [0.2, 0.25) is 5.88 Å². The van der Waals surface area contributed by atoms with Gasteiger partial charge in [0.05, 0.1) is 19.5 Å². The van der Waals surface area contributed by atoms with Crippen molar-refractivity contribution in [2.75, 3.05) is 13.7 Å². The molecule has 0 saturated carbocycles. The number of aryl methyl sites for hydroxylation is 1. The minimum absolute atomic E-state index is 0.00630. The molecule has 0 N–H and O–H groups in total. The monoisotopic (exact) mass is 451 g/mol. The van der Waals surface area contributed by atoms with Crippen molar-refractivity contribution in [1.29, 1.82) is 0 Å². The molecule has 168 valence electrons. The highest BCUT2D eigenvalue weighted by atomic mass is 19.1. The number of carbonyl (C=O) groups is 1. The Bertz CT molecular complexity index is 1350. The summed E-state index contributed by atoms with van der Waals surface area (Å²) < 4.78 is 39.6. The zero-order valence-corrected chi connectivity index (χ0v) is 17.8. The van der Waals surface area contributed by atoms with E-state index in [-0.39, 0.29) is 29.0 Å². The molecular formula is C23H19F2N5O3. The summed E-state index contributed by atoms with van der Waals surface area (Å²) in [5.74, 6) is -1.69. The SMILES string of the molecule is COc1c(C2CN(C(=O)c3cc(-c4ncc(F)cc4F)on3)Cc3ccccc32)cnn1C. The number of rotatable bonds is 4. The van der Waals surface area contributed by atoms with Crippen LogP contribution in [0.15, 0.2) is 53.3 Å². The molecular weight excluding hydrogens is 432 g/mol. The van der Waals surface area contributed by atoms with Gasteiger partial charge in [-0.25, -0.2) is 18.4 Å². The van der Waals surface area contributed by atoms with Crippen molar-refractivity contribution in [1.82, 2.24) is 24.8 Å². The second kappa shape index (κ2) is 8.12. The quantitative estimate of drug-likeness (QED) is 0.472. The van der Waals surface area contributed by atoms with E-state index in [1.165, 1.54) is 6.07 Å². The van der Waals surface area contributed by atoms with Gasteiger partial charge in [-0.3, -0.25) is 4.79 Å².